The average Bonchev–Trinajstić information content (AvgIpc) is 3.31. The smallest absolute Gasteiger partial charge is 0.295 e. The number of halogens is 2. The van der Waals surface area contributed by atoms with Gasteiger partial charge in [-0.15, -0.1) is 11.3 Å². The third-order valence-electron chi connectivity index (χ3n) is 5.04. The normalized spacial score (nSPS) is 18.2. The van der Waals surface area contributed by atoms with Gasteiger partial charge in [-0.25, -0.2) is 4.39 Å². The fraction of sp³-hybridized carbons (Fsp3) is 0.130. The van der Waals surface area contributed by atoms with Gasteiger partial charge in [0.2, 0.25) is 0 Å². The van der Waals surface area contributed by atoms with Gasteiger partial charge in [0.05, 0.1) is 18.2 Å². The van der Waals surface area contributed by atoms with Gasteiger partial charge in [0.25, 0.3) is 11.7 Å². The lowest BCUT2D eigenvalue weighted by molar-refractivity contribution is -0.140. The summed E-state index contributed by atoms with van der Waals surface area (Å²) in [6, 6.07) is 13.5. The first kappa shape index (κ1) is 20.3. The van der Waals surface area contributed by atoms with Crippen LogP contribution in [0, 0.1) is 12.7 Å². The molecule has 2 heterocycles. The highest BCUT2D eigenvalue weighted by molar-refractivity contribution is 7.09. The Morgan fingerprint density at radius 1 is 1.13 bits per heavy atom. The maximum Gasteiger partial charge on any atom is 0.295 e. The van der Waals surface area contributed by atoms with Crippen LogP contribution in [0.1, 0.15) is 27.6 Å². The van der Waals surface area contributed by atoms with E-state index in [4.69, 9.17) is 11.6 Å². The van der Waals surface area contributed by atoms with Crippen LogP contribution in [0.5, 0.6) is 0 Å². The van der Waals surface area contributed by atoms with Crippen molar-refractivity contribution < 1.29 is 19.1 Å². The van der Waals surface area contributed by atoms with Crippen molar-refractivity contribution in [3.05, 3.63) is 98.0 Å². The Bertz CT molecular complexity index is 1140. The van der Waals surface area contributed by atoms with Gasteiger partial charge in [-0.2, -0.15) is 0 Å². The van der Waals surface area contributed by atoms with E-state index in [0.29, 0.717) is 5.56 Å². The van der Waals surface area contributed by atoms with Crippen LogP contribution in [-0.4, -0.2) is 21.7 Å². The summed E-state index contributed by atoms with van der Waals surface area (Å²) in [4.78, 5) is 28.0. The first-order valence-electron chi connectivity index (χ1n) is 9.20. The molecule has 7 heteroatoms. The highest BCUT2D eigenvalue weighted by atomic mass is 35.5. The molecular formula is C23H17ClFNO3S. The molecule has 1 fully saturated rings. The van der Waals surface area contributed by atoms with E-state index < -0.39 is 23.5 Å². The molecule has 0 bridgehead atoms. The summed E-state index contributed by atoms with van der Waals surface area (Å²) in [6.45, 7) is 1.99. The molecule has 1 N–H and O–H groups in total. The van der Waals surface area contributed by atoms with Crippen molar-refractivity contribution in [1.82, 2.24) is 4.90 Å². The van der Waals surface area contributed by atoms with Gasteiger partial charge in [-0.3, -0.25) is 9.59 Å². The minimum atomic E-state index is -1.14. The molecule has 1 atom stereocenters. The second-order valence-corrected chi connectivity index (χ2v) is 8.45. The quantitative estimate of drug-likeness (QED) is 0.332. The van der Waals surface area contributed by atoms with Crippen molar-refractivity contribution in [2.24, 2.45) is 0 Å². The number of aliphatic hydroxyl groups is 1. The van der Waals surface area contributed by atoms with Crippen LogP contribution in [0.4, 0.5) is 4.39 Å². The fourth-order valence-electron chi connectivity index (χ4n) is 3.55. The Morgan fingerprint density at radius 2 is 1.87 bits per heavy atom. The van der Waals surface area contributed by atoms with E-state index in [0.717, 1.165) is 10.4 Å². The minimum Gasteiger partial charge on any atom is -0.507 e. The molecule has 4 nitrogen and oxygen atoms in total. The molecule has 3 aromatic rings. The van der Waals surface area contributed by atoms with Crippen molar-refractivity contribution in [2.45, 2.75) is 19.5 Å². The molecule has 30 heavy (non-hydrogen) atoms. The molecule has 0 saturated carbocycles. The van der Waals surface area contributed by atoms with Crippen LogP contribution in [0.15, 0.2) is 65.6 Å². The molecule has 152 valence electrons. The Balaban J connectivity index is 1.93. The molecule has 0 radical (unpaired) electrons. The fourth-order valence-corrected chi connectivity index (χ4v) is 4.52. The van der Waals surface area contributed by atoms with E-state index in [2.05, 4.69) is 0 Å². The van der Waals surface area contributed by atoms with Crippen molar-refractivity contribution >= 4 is 40.4 Å². The Morgan fingerprint density at radius 3 is 2.50 bits per heavy atom. The van der Waals surface area contributed by atoms with E-state index in [1.54, 1.807) is 24.3 Å². The average molecular weight is 442 g/mol. The lowest BCUT2D eigenvalue weighted by Gasteiger charge is -2.26. The van der Waals surface area contributed by atoms with Gasteiger partial charge in [-0.1, -0.05) is 53.6 Å². The van der Waals surface area contributed by atoms with Crippen molar-refractivity contribution in [3.63, 3.8) is 0 Å². The number of rotatable bonds is 4. The monoisotopic (exact) mass is 441 g/mol. The number of aryl methyl sites for hydroxylation is 1. The predicted molar refractivity (Wildman–Crippen MR) is 115 cm³/mol. The third-order valence-corrected chi connectivity index (χ3v) is 6.24. The number of likely N-dealkylation sites (tertiary alicyclic amines) is 1. The number of amides is 1. The second kappa shape index (κ2) is 8.05. The van der Waals surface area contributed by atoms with E-state index in [-0.39, 0.29) is 28.5 Å². The Labute approximate surface area is 181 Å². The Hall–Kier alpha value is -2.96. The topological polar surface area (TPSA) is 57.6 Å². The van der Waals surface area contributed by atoms with Gasteiger partial charge in [-0.05, 0) is 30.5 Å². The molecule has 2 aromatic carbocycles. The molecule has 0 aliphatic carbocycles. The number of hydrogen-bond donors (Lipinski definition) is 1. The van der Waals surface area contributed by atoms with Gasteiger partial charge < -0.3 is 10.0 Å². The number of Topliss-reactive ketones (excluding diaryl/α,β-unsaturated/α-hetero) is 1. The first-order chi connectivity index (χ1) is 14.4. The summed E-state index contributed by atoms with van der Waals surface area (Å²) in [6.07, 6.45) is 0. The number of thiophene rings is 1. The molecule has 1 amide bonds. The van der Waals surface area contributed by atoms with Crippen molar-refractivity contribution in [2.75, 3.05) is 0 Å². The molecule has 1 unspecified atom stereocenters. The molecule has 0 spiro atoms. The maximum absolute atomic E-state index is 14.9. The van der Waals surface area contributed by atoms with E-state index in [1.165, 1.54) is 34.4 Å². The van der Waals surface area contributed by atoms with E-state index in [1.807, 2.05) is 24.4 Å². The summed E-state index contributed by atoms with van der Waals surface area (Å²) >= 11 is 7.71. The standard InChI is InChI=1S/C23H17ClFNO3S/c1-13-7-9-14(10-8-13)21(27)19-20(18-16(24)5-2-6-17(18)25)26(23(29)22(19)28)12-15-4-3-11-30-15/h2-11,20,27H,12H2,1H3/b21-19+. The van der Waals surface area contributed by atoms with Crippen LogP contribution < -0.4 is 0 Å². The highest BCUT2D eigenvalue weighted by Gasteiger charge is 2.47. The molecule has 1 saturated heterocycles. The zero-order valence-corrected chi connectivity index (χ0v) is 17.5. The van der Waals surface area contributed by atoms with Crippen LogP contribution in [0.25, 0.3) is 5.76 Å². The molecule has 1 aromatic heterocycles. The van der Waals surface area contributed by atoms with Crippen LogP contribution in [-0.2, 0) is 16.1 Å². The van der Waals surface area contributed by atoms with Crippen molar-refractivity contribution in [3.8, 4) is 0 Å². The minimum absolute atomic E-state index is 0.0106. The summed E-state index contributed by atoms with van der Waals surface area (Å²) in [5.74, 6) is -2.68. The first-order valence-corrected chi connectivity index (χ1v) is 10.5. The summed E-state index contributed by atoms with van der Waals surface area (Å²) in [7, 11) is 0. The number of ketones is 1. The number of aliphatic hydroxyl groups excluding tert-OH is 1. The Kier molecular flexibility index (Phi) is 5.45. The van der Waals surface area contributed by atoms with Gasteiger partial charge in [0.1, 0.15) is 11.6 Å². The number of nitrogens with zero attached hydrogens (tertiary/aromatic N) is 1. The molecule has 1 aliphatic rings. The van der Waals surface area contributed by atoms with Gasteiger partial charge >= 0.3 is 0 Å². The van der Waals surface area contributed by atoms with Crippen LogP contribution in [0.3, 0.4) is 0 Å². The number of hydrogen-bond acceptors (Lipinski definition) is 4. The molecule has 1 aliphatic heterocycles. The highest BCUT2D eigenvalue weighted by Crippen LogP contribution is 2.43. The van der Waals surface area contributed by atoms with Gasteiger partial charge in [0, 0.05) is 21.0 Å². The van der Waals surface area contributed by atoms with E-state index in [9.17, 15) is 19.1 Å². The zero-order chi connectivity index (χ0) is 21.4. The summed E-state index contributed by atoms with van der Waals surface area (Å²) in [5.41, 5.74) is 1.15. The maximum atomic E-state index is 14.9. The predicted octanol–water partition coefficient (Wildman–Crippen LogP) is 5.47. The lowest BCUT2D eigenvalue weighted by atomic mass is 9.94. The lowest BCUT2D eigenvalue weighted by Crippen LogP contribution is -2.29. The third kappa shape index (κ3) is 3.53. The van der Waals surface area contributed by atoms with Gasteiger partial charge in [0.15, 0.2) is 0 Å². The zero-order valence-electron chi connectivity index (χ0n) is 15.9. The van der Waals surface area contributed by atoms with Crippen LogP contribution in [0.2, 0.25) is 5.02 Å². The van der Waals surface area contributed by atoms with Crippen molar-refractivity contribution in [1.29, 1.82) is 0 Å². The summed E-state index contributed by atoms with van der Waals surface area (Å²) in [5, 5.41) is 12.9. The van der Waals surface area contributed by atoms with E-state index >= 15 is 0 Å². The molecular weight excluding hydrogens is 425 g/mol. The SMILES string of the molecule is Cc1ccc(/C(O)=C2\C(=O)C(=O)N(Cc3cccs3)C2c2c(F)cccc2Cl)cc1. The molecule has 4 rings (SSSR count). The van der Waals surface area contributed by atoms with Crippen LogP contribution >= 0.6 is 22.9 Å². The second-order valence-electron chi connectivity index (χ2n) is 7.01. The number of carbonyl (C=O) groups is 2. The largest absolute Gasteiger partial charge is 0.507 e. The summed E-state index contributed by atoms with van der Waals surface area (Å²) < 4.78 is 14.9. The number of carbonyl (C=O) groups excluding carboxylic acids is 2. The number of benzene rings is 2.